The molecule has 1 aliphatic heterocycles. The fourth-order valence-corrected chi connectivity index (χ4v) is 2.12. The third kappa shape index (κ3) is 3.89. The molecule has 1 saturated heterocycles. The molecule has 0 saturated carbocycles. The number of rotatable bonds is 5. The van der Waals surface area contributed by atoms with Gasteiger partial charge in [0.2, 0.25) is 5.91 Å². The van der Waals surface area contributed by atoms with Gasteiger partial charge in [0.15, 0.2) is 0 Å². The molecule has 1 aromatic rings. The number of carbonyl (C=O) groups is 1. The summed E-state index contributed by atoms with van der Waals surface area (Å²) < 4.78 is 4.97. The van der Waals surface area contributed by atoms with Crippen molar-refractivity contribution in [3.63, 3.8) is 0 Å². The number of nitrogens with one attached hydrogen (secondary N) is 1. The van der Waals surface area contributed by atoms with Crippen LogP contribution in [0.4, 0.5) is 0 Å². The Morgan fingerprint density at radius 3 is 2.88 bits per heavy atom. The van der Waals surface area contributed by atoms with Crippen LogP contribution in [0, 0.1) is 0 Å². The lowest BCUT2D eigenvalue weighted by Gasteiger charge is -2.26. The zero-order valence-corrected chi connectivity index (χ0v) is 10.2. The second kappa shape index (κ2) is 6.45. The fourth-order valence-electron chi connectivity index (χ4n) is 2.12. The zero-order chi connectivity index (χ0) is 11.9. The van der Waals surface area contributed by atoms with Crippen molar-refractivity contribution in [3.05, 3.63) is 24.2 Å². The van der Waals surface area contributed by atoms with E-state index in [1.165, 1.54) is 6.42 Å². The molecule has 4 heteroatoms. The molecule has 1 amide bonds. The van der Waals surface area contributed by atoms with E-state index >= 15 is 0 Å². The summed E-state index contributed by atoms with van der Waals surface area (Å²) in [7, 11) is 0. The molecule has 1 aliphatic rings. The lowest BCUT2D eigenvalue weighted by molar-refractivity contribution is -0.131. The van der Waals surface area contributed by atoms with Gasteiger partial charge < -0.3 is 14.6 Å². The number of nitrogens with zero attached hydrogens (tertiary/aromatic N) is 1. The molecule has 94 valence electrons. The van der Waals surface area contributed by atoms with Crippen molar-refractivity contribution in [1.29, 1.82) is 0 Å². The Morgan fingerprint density at radius 2 is 2.18 bits per heavy atom. The first kappa shape index (κ1) is 12.2. The van der Waals surface area contributed by atoms with Crippen LogP contribution in [0.3, 0.4) is 0 Å². The van der Waals surface area contributed by atoms with E-state index in [0.29, 0.717) is 6.42 Å². The number of hydrogen-bond acceptors (Lipinski definition) is 3. The van der Waals surface area contributed by atoms with Gasteiger partial charge in [-0.25, -0.2) is 0 Å². The van der Waals surface area contributed by atoms with Crippen LogP contribution in [-0.4, -0.2) is 30.4 Å². The van der Waals surface area contributed by atoms with Crippen LogP contribution in [0.1, 0.15) is 31.2 Å². The van der Waals surface area contributed by atoms with Crippen LogP contribution in [0.5, 0.6) is 0 Å². The zero-order valence-electron chi connectivity index (χ0n) is 10.2. The first-order chi connectivity index (χ1) is 8.36. The van der Waals surface area contributed by atoms with Crippen molar-refractivity contribution in [2.75, 3.05) is 19.6 Å². The van der Waals surface area contributed by atoms with Crippen molar-refractivity contribution >= 4 is 5.91 Å². The molecule has 0 atom stereocenters. The Morgan fingerprint density at radius 1 is 1.35 bits per heavy atom. The highest BCUT2D eigenvalue weighted by atomic mass is 16.3. The van der Waals surface area contributed by atoms with E-state index < -0.39 is 0 Å². The SMILES string of the molecule is O=C(CCNCc1ccoc1)N1CCCCC1. The monoisotopic (exact) mass is 236 g/mol. The van der Waals surface area contributed by atoms with Crippen LogP contribution in [0.2, 0.25) is 0 Å². The molecule has 4 nitrogen and oxygen atoms in total. The maximum Gasteiger partial charge on any atom is 0.223 e. The minimum absolute atomic E-state index is 0.282. The van der Waals surface area contributed by atoms with Gasteiger partial charge in [-0.2, -0.15) is 0 Å². The smallest absolute Gasteiger partial charge is 0.223 e. The summed E-state index contributed by atoms with van der Waals surface area (Å²) in [5.41, 5.74) is 1.12. The maximum atomic E-state index is 11.8. The summed E-state index contributed by atoms with van der Waals surface area (Å²) in [6, 6.07) is 1.93. The number of likely N-dealkylation sites (tertiary alicyclic amines) is 1. The van der Waals surface area contributed by atoms with Gasteiger partial charge in [0.05, 0.1) is 12.5 Å². The lowest BCUT2D eigenvalue weighted by atomic mass is 10.1. The summed E-state index contributed by atoms with van der Waals surface area (Å²) in [5.74, 6) is 0.282. The van der Waals surface area contributed by atoms with E-state index in [0.717, 1.165) is 44.6 Å². The molecule has 1 fully saturated rings. The Kier molecular flexibility index (Phi) is 4.62. The van der Waals surface area contributed by atoms with Gasteiger partial charge >= 0.3 is 0 Å². The largest absolute Gasteiger partial charge is 0.472 e. The van der Waals surface area contributed by atoms with Gasteiger partial charge in [0, 0.05) is 38.2 Å². The minimum Gasteiger partial charge on any atom is -0.472 e. The fraction of sp³-hybridized carbons (Fsp3) is 0.615. The van der Waals surface area contributed by atoms with Crippen LogP contribution in [0.15, 0.2) is 23.0 Å². The summed E-state index contributed by atoms with van der Waals surface area (Å²) in [5, 5.41) is 3.25. The molecule has 0 bridgehead atoms. The molecule has 0 aromatic carbocycles. The topological polar surface area (TPSA) is 45.5 Å². The molecular weight excluding hydrogens is 216 g/mol. The predicted octanol–water partition coefficient (Wildman–Crippen LogP) is 1.77. The van der Waals surface area contributed by atoms with Crippen molar-refractivity contribution in [1.82, 2.24) is 10.2 Å². The highest BCUT2D eigenvalue weighted by Crippen LogP contribution is 2.09. The molecule has 0 unspecified atom stereocenters. The highest BCUT2D eigenvalue weighted by molar-refractivity contribution is 5.76. The summed E-state index contributed by atoms with van der Waals surface area (Å²) in [6.45, 7) is 3.39. The summed E-state index contributed by atoms with van der Waals surface area (Å²) >= 11 is 0. The second-order valence-electron chi connectivity index (χ2n) is 4.50. The van der Waals surface area contributed by atoms with Crippen molar-refractivity contribution in [2.45, 2.75) is 32.2 Å². The van der Waals surface area contributed by atoms with E-state index in [-0.39, 0.29) is 5.91 Å². The van der Waals surface area contributed by atoms with E-state index in [2.05, 4.69) is 5.32 Å². The average Bonchev–Trinajstić information content (AvgIpc) is 2.88. The number of piperidine rings is 1. The number of carbonyl (C=O) groups excluding carboxylic acids is 1. The minimum atomic E-state index is 0.282. The lowest BCUT2D eigenvalue weighted by Crippen LogP contribution is -2.37. The Balaban J connectivity index is 1.59. The van der Waals surface area contributed by atoms with Crippen molar-refractivity contribution in [3.8, 4) is 0 Å². The normalized spacial score (nSPS) is 16.1. The first-order valence-electron chi connectivity index (χ1n) is 6.36. The van der Waals surface area contributed by atoms with Gasteiger partial charge in [-0.15, -0.1) is 0 Å². The summed E-state index contributed by atoms with van der Waals surface area (Å²) in [4.78, 5) is 13.8. The van der Waals surface area contributed by atoms with E-state index in [9.17, 15) is 4.79 Å². The molecule has 0 aliphatic carbocycles. The third-order valence-electron chi connectivity index (χ3n) is 3.13. The van der Waals surface area contributed by atoms with Gasteiger partial charge in [-0.05, 0) is 25.3 Å². The van der Waals surface area contributed by atoms with Gasteiger partial charge in [-0.1, -0.05) is 0 Å². The second-order valence-corrected chi connectivity index (χ2v) is 4.50. The third-order valence-corrected chi connectivity index (χ3v) is 3.13. The average molecular weight is 236 g/mol. The predicted molar refractivity (Wildman–Crippen MR) is 65.5 cm³/mol. The van der Waals surface area contributed by atoms with Crippen molar-refractivity contribution in [2.24, 2.45) is 0 Å². The number of amides is 1. The molecule has 17 heavy (non-hydrogen) atoms. The summed E-state index contributed by atoms with van der Waals surface area (Å²) in [6.07, 6.45) is 7.57. The molecule has 1 aromatic heterocycles. The van der Waals surface area contributed by atoms with E-state index in [1.807, 2.05) is 11.0 Å². The Labute approximate surface area is 102 Å². The molecule has 2 rings (SSSR count). The molecule has 2 heterocycles. The van der Waals surface area contributed by atoms with E-state index in [1.54, 1.807) is 12.5 Å². The Bertz CT molecular complexity index is 329. The molecular formula is C13H20N2O2. The van der Waals surface area contributed by atoms with Gasteiger partial charge in [0.25, 0.3) is 0 Å². The van der Waals surface area contributed by atoms with Crippen molar-refractivity contribution < 1.29 is 9.21 Å². The van der Waals surface area contributed by atoms with E-state index in [4.69, 9.17) is 4.42 Å². The van der Waals surface area contributed by atoms with Gasteiger partial charge in [0.1, 0.15) is 0 Å². The number of hydrogen-bond donors (Lipinski definition) is 1. The van der Waals surface area contributed by atoms with Crippen LogP contribution < -0.4 is 5.32 Å². The maximum absolute atomic E-state index is 11.8. The number of furan rings is 1. The Hall–Kier alpha value is -1.29. The first-order valence-corrected chi connectivity index (χ1v) is 6.36. The molecule has 0 spiro atoms. The van der Waals surface area contributed by atoms with Gasteiger partial charge in [-0.3, -0.25) is 4.79 Å². The van der Waals surface area contributed by atoms with Crippen LogP contribution in [0.25, 0.3) is 0 Å². The van der Waals surface area contributed by atoms with Crippen LogP contribution in [-0.2, 0) is 11.3 Å². The molecule has 1 N–H and O–H groups in total. The van der Waals surface area contributed by atoms with Crippen LogP contribution >= 0.6 is 0 Å². The molecule has 0 radical (unpaired) electrons. The quantitative estimate of drug-likeness (QED) is 0.792. The highest BCUT2D eigenvalue weighted by Gasteiger charge is 2.15. The standard InChI is InChI=1S/C13H20N2O2/c16-13(15-7-2-1-3-8-15)4-6-14-10-12-5-9-17-11-12/h5,9,11,14H,1-4,6-8,10H2.